The van der Waals surface area contributed by atoms with Crippen molar-refractivity contribution in [3.63, 3.8) is 0 Å². The lowest BCUT2D eigenvalue weighted by molar-refractivity contribution is -0.121. The smallest absolute Gasteiger partial charge is 0.243 e. The van der Waals surface area contributed by atoms with Crippen LogP contribution in [0.2, 0.25) is 0 Å². The van der Waals surface area contributed by atoms with Crippen LogP contribution in [-0.2, 0) is 14.8 Å². The zero-order valence-corrected chi connectivity index (χ0v) is 16.5. The van der Waals surface area contributed by atoms with Gasteiger partial charge in [0.05, 0.1) is 17.5 Å². The third-order valence-electron chi connectivity index (χ3n) is 4.40. The lowest BCUT2D eigenvalue weighted by Gasteiger charge is -2.22. The molecule has 0 aliphatic carbocycles. The van der Waals surface area contributed by atoms with E-state index in [0.29, 0.717) is 0 Å². The second kappa shape index (κ2) is 8.47. The number of nitrogens with zero attached hydrogens (tertiary/aromatic N) is 1. The summed E-state index contributed by atoms with van der Waals surface area (Å²) in [4.78, 5) is 12.6. The van der Waals surface area contributed by atoms with Gasteiger partial charge in [0.2, 0.25) is 15.9 Å². The molecular formula is C20H26N2O3S. The molecule has 0 saturated carbocycles. The first kappa shape index (κ1) is 20.1. The number of rotatable bonds is 7. The molecule has 1 N–H and O–H groups in total. The fourth-order valence-electron chi connectivity index (χ4n) is 2.79. The molecule has 0 bridgehead atoms. The summed E-state index contributed by atoms with van der Waals surface area (Å²) in [7, 11) is -2.27. The van der Waals surface area contributed by atoms with Crippen LogP contribution in [-0.4, -0.2) is 32.2 Å². The van der Waals surface area contributed by atoms with Crippen LogP contribution >= 0.6 is 0 Å². The second-order valence-corrected chi connectivity index (χ2v) is 8.50. The Hall–Kier alpha value is -2.18. The van der Waals surface area contributed by atoms with Gasteiger partial charge in [-0.15, -0.1) is 0 Å². The average molecular weight is 375 g/mol. The Balaban J connectivity index is 2.08. The molecule has 0 aromatic heterocycles. The van der Waals surface area contributed by atoms with Gasteiger partial charge in [0, 0.05) is 7.05 Å². The Morgan fingerprint density at radius 2 is 1.69 bits per heavy atom. The summed E-state index contributed by atoms with van der Waals surface area (Å²) in [6.07, 6.45) is 0.727. The molecule has 0 saturated heterocycles. The molecular weight excluding hydrogens is 348 g/mol. The zero-order chi connectivity index (χ0) is 19.3. The van der Waals surface area contributed by atoms with Gasteiger partial charge in [-0.05, 0) is 43.5 Å². The number of likely N-dealkylation sites (N-methyl/N-ethyl adjacent to an activating group) is 1. The SMILES string of the molecule is CC[C@@H](NC(=O)CN(C)S(=O)(=O)c1ccc(C)cc1)c1ccccc1C. The fraction of sp³-hybridized carbons (Fsp3) is 0.350. The van der Waals surface area contributed by atoms with Gasteiger partial charge in [-0.1, -0.05) is 48.9 Å². The molecule has 0 aliphatic heterocycles. The molecule has 0 heterocycles. The number of aryl methyl sites for hydroxylation is 2. The number of hydrogen-bond donors (Lipinski definition) is 1. The number of carbonyl (C=O) groups is 1. The predicted octanol–water partition coefficient (Wildman–Crippen LogP) is 3.19. The van der Waals surface area contributed by atoms with Crippen molar-refractivity contribution in [2.45, 2.75) is 38.1 Å². The Kier molecular flexibility index (Phi) is 6.56. The van der Waals surface area contributed by atoms with Gasteiger partial charge in [0.1, 0.15) is 0 Å². The molecule has 0 unspecified atom stereocenters. The van der Waals surface area contributed by atoms with Crippen LogP contribution in [0.25, 0.3) is 0 Å². The van der Waals surface area contributed by atoms with Crippen LogP contribution in [0.4, 0.5) is 0 Å². The van der Waals surface area contributed by atoms with Gasteiger partial charge in [0.15, 0.2) is 0 Å². The summed E-state index contributed by atoms with van der Waals surface area (Å²) in [6.45, 7) is 5.66. The van der Waals surface area contributed by atoms with Crippen LogP contribution in [0, 0.1) is 13.8 Å². The highest BCUT2D eigenvalue weighted by Crippen LogP contribution is 2.20. The van der Waals surface area contributed by atoms with Crippen molar-refractivity contribution >= 4 is 15.9 Å². The van der Waals surface area contributed by atoms with Crippen molar-refractivity contribution in [3.8, 4) is 0 Å². The fourth-order valence-corrected chi connectivity index (χ4v) is 3.92. The Labute approximate surface area is 156 Å². The highest BCUT2D eigenvalue weighted by atomic mass is 32.2. The maximum Gasteiger partial charge on any atom is 0.243 e. The van der Waals surface area contributed by atoms with E-state index < -0.39 is 10.0 Å². The van der Waals surface area contributed by atoms with Crippen molar-refractivity contribution in [2.75, 3.05) is 13.6 Å². The van der Waals surface area contributed by atoms with Gasteiger partial charge >= 0.3 is 0 Å². The third kappa shape index (κ3) is 4.71. The molecule has 0 fully saturated rings. The second-order valence-electron chi connectivity index (χ2n) is 6.46. The highest BCUT2D eigenvalue weighted by molar-refractivity contribution is 7.89. The first-order valence-corrected chi connectivity index (χ1v) is 10.1. The van der Waals surface area contributed by atoms with E-state index in [9.17, 15) is 13.2 Å². The molecule has 6 heteroatoms. The van der Waals surface area contributed by atoms with Crippen molar-refractivity contribution in [1.29, 1.82) is 0 Å². The normalized spacial score (nSPS) is 12.8. The van der Waals surface area contributed by atoms with Crippen LogP contribution < -0.4 is 5.32 Å². The van der Waals surface area contributed by atoms with E-state index in [1.54, 1.807) is 24.3 Å². The highest BCUT2D eigenvalue weighted by Gasteiger charge is 2.24. The Morgan fingerprint density at radius 1 is 1.08 bits per heavy atom. The van der Waals surface area contributed by atoms with Gasteiger partial charge in [-0.2, -0.15) is 4.31 Å². The van der Waals surface area contributed by atoms with Crippen molar-refractivity contribution in [3.05, 3.63) is 65.2 Å². The van der Waals surface area contributed by atoms with Crippen LogP contribution in [0.5, 0.6) is 0 Å². The van der Waals surface area contributed by atoms with E-state index in [0.717, 1.165) is 27.4 Å². The molecule has 0 spiro atoms. The number of hydrogen-bond acceptors (Lipinski definition) is 3. The minimum absolute atomic E-state index is 0.140. The van der Waals surface area contributed by atoms with Gasteiger partial charge in [-0.25, -0.2) is 8.42 Å². The van der Waals surface area contributed by atoms with Crippen LogP contribution in [0.15, 0.2) is 53.4 Å². The summed E-state index contributed by atoms with van der Waals surface area (Å²) in [6, 6.07) is 14.3. The molecule has 140 valence electrons. The minimum atomic E-state index is -3.69. The van der Waals surface area contributed by atoms with E-state index in [1.165, 1.54) is 7.05 Å². The summed E-state index contributed by atoms with van der Waals surface area (Å²) in [5.74, 6) is -0.321. The number of carbonyl (C=O) groups excluding carboxylic acids is 1. The summed E-state index contributed by atoms with van der Waals surface area (Å²) in [5.41, 5.74) is 3.13. The van der Waals surface area contributed by atoms with Crippen molar-refractivity contribution < 1.29 is 13.2 Å². The van der Waals surface area contributed by atoms with E-state index in [2.05, 4.69) is 5.32 Å². The monoisotopic (exact) mass is 374 g/mol. The van der Waals surface area contributed by atoms with Crippen LogP contribution in [0.3, 0.4) is 0 Å². The Bertz CT molecular complexity index is 861. The maximum absolute atomic E-state index is 12.6. The number of benzene rings is 2. The first-order valence-electron chi connectivity index (χ1n) is 8.63. The number of sulfonamides is 1. The number of amides is 1. The zero-order valence-electron chi connectivity index (χ0n) is 15.7. The minimum Gasteiger partial charge on any atom is -0.348 e. The summed E-state index contributed by atoms with van der Waals surface area (Å²) < 4.78 is 26.3. The Morgan fingerprint density at radius 3 is 2.27 bits per heavy atom. The van der Waals surface area contributed by atoms with Gasteiger partial charge < -0.3 is 5.32 Å². The molecule has 26 heavy (non-hydrogen) atoms. The summed E-state index contributed by atoms with van der Waals surface area (Å²) >= 11 is 0. The van der Waals surface area contributed by atoms with Gasteiger partial charge in [-0.3, -0.25) is 4.79 Å². The molecule has 2 aromatic carbocycles. The van der Waals surface area contributed by atoms with Crippen LogP contribution in [0.1, 0.15) is 36.1 Å². The molecule has 5 nitrogen and oxygen atoms in total. The van der Waals surface area contributed by atoms with E-state index in [4.69, 9.17) is 0 Å². The first-order chi connectivity index (χ1) is 12.3. The molecule has 2 rings (SSSR count). The van der Waals surface area contributed by atoms with E-state index in [-0.39, 0.29) is 23.4 Å². The molecule has 2 aromatic rings. The van der Waals surface area contributed by atoms with E-state index in [1.807, 2.05) is 45.0 Å². The molecule has 1 amide bonds. The molecule has 0 aliphatic rings. The number of nitrogens with one attached hydrogen (secondary N) is 1. The van der Waals surface area contributed by atoms with Gasteiger partial charge in [0.25, 0.3) is 0 Å². The third-order valence-corrected chi connectivity index (χ3v) is 6.22. The average Bonchev–Trinajstić information content (AvgIpc) is 2.60. The topological polar surface area (TPSA) is 66.5 Å². The molecule has 1 atom stereocenters. The van der Waals surface area contributed by atoms with Crippen molar-refractivity contribution in [2.24, 2.45) is 0 Å². The summed E-state index contributed by atoms with van der Waals surface area (Å²) in [5, 5.41) is 2.94. The quantitative estimate of drug-likeness (QED) is 0.809. The van der Waals surface area contributed by atoms with E-state index >= 15 is 0 Å². The predicted molar refractivity (Wildman–Crippen MR) is 103 cm³/mol. The molecule has 0 radical (unpaired) electrons. The lowest BCUT2D eigenvalue weighted by atomic mass is 9.99. The van der Waals surface area contributed by atoms with Crippen molar-refractivity contribution in [1.82, 2.24) is 9.62 Å². The maximum atomic E-state index is 12.6. The lowest BCUT2D eigenvalue weighted by Crippen LogP contribution is -2.39. The largest absolute Gasteiger partial charge is 0.348 e. The standard InChI is InChI=1S/C20H26N2O3S/c1-5-19(18-9-7-6-8-16(18)3)21-20(23)14-22(4)26(24,25)17-12-10-15(2)11-13-17/h6-13,19H,5,14H2,1-4H3,(H,21,23)/t19-/m1/s1.